The zero-order chi connectivity index (χ0) is 70.3. The van der Waals surface area contributed by atoms with Gasteiger partial charge in [-0.1, -0.05) is 331 Å². The molecule has 0 fully saturated rings. The molecule has 0 aromatic rings. The van der Waals surface area contributed by atoms with Gasteiger partial charge >= 0.3 is 39.5 Å². The maximum absolute atomic E-state index is 13.1. The molecule has 3 N–H and O–H groups in total. The van der Waals surface area contributed by atoms with E-state index in [9.17, 15) is 43.2 Å². The first-order valence-corrected chi connectivity index (χ1v) is 42.2. The van der Waals surface area contributed by atoms with Crippen LogP contribution in [0.2, 0.25) is 0 Å². The second-order valence-corrected chi connectivity index (χ2v) is 32.0. The first-order valence-electron chi connectivity index (χ1n) is 39.2. The number of rotatable bonds is 73. The van der Waals surface area contributed by atoms with E-state index in [0.29, 0.717) is 31.6 Å². The van der Waals surface area contributed by atoms with Crippen molar-refractivity contribution in [3.63, 3.8) is 0 Å². The van der Waals surface area contributed by atoms with E-state index in [1.165, 1.54) is 180 Å². The summed E-state index contributed by atoms with van der Waals surface area (Å²) in [5.74, 6) is 0.946. The van der Waals surface area contributed by atoms with Gasteiger partial charge in [0.05, 0.1) is 26.4 Å². The van der Waals surface area contributed by atoms with Crippen molar-refractivity contribution in [3.8, 4) is 0 Å². The zero-order valence-electron chi connectivity index (χ0n) is 62.3. The highest BCUT2D eigenvalue weighted by atomic mass is 31.2. The smallest absolute Gasteiger partial charge is 0.462 e. The normalized spacial score (nSPS) is 14.4. The van der Waals surface area contributed by atoms with Crippen molar-refractivity contribution in [2.24, 2.45) is 23.7 Å². The van der Waals surface area contributed by atoms with Crippen LogP contribution in [0, 0.1) is 23.7 Å². The summed E-state index contributed by atoms with van der Waals surface area (Å²) in [7, 11) is -9.91. The molecule has 0 aromatic carbocycles. The molecule has 19 heteroatoms. The number of aliphatic hydroxyl groups is 1. The Balaban J connectivity index is 5.24. The fourth-order valence-electron chi connectivity index (χ4n) is 11.5. The van der Waals surface area contributed by atoms with E-state index in [1.54, 1.807) is 0 Å². The Kier molecular flexibility index (Phi) is 64.0. The van der Waals surface area contributed by atoms with Crippen molar-refractivity contribution >= 4 is 39.5 Å². The summed E-state index contributed by atoms with van der Waals surface area (Å²) in [4.78, 5) is 72.8. The average molecular weight is 1400 g/mol. The molecule has 0 aliphatic rings. The number of phosphoric acid groups is 2. The molecule has 0 bridgehead atoms. The number of carbonyl (C=O) groups is 4. The fraction of sp³-hybridized carbons (Fsp3) is 0.947. The summed E-state index contributed by atoms with van der Waals surface area (Å²) < 4.78 is 68.5. The summed E-state index contributed by atoms with van der Waals surface area (Å²) >= 11 is 0. The van der Waals surface area contributed by atoms with E-state index in [2.05, 4.69) is 55.4 Å². The van der Waals surface area contributed by atoms with E-state index >= 15 is 0 Å². The van der Waals surface area contributed by atoms with E-state index < -0.39 is 97.5 Å². The third-order valence-electron chi connectivity index (χ3n) is 17.9. The minimum atomic E-state index is -4.96. The van der Waals surface area contributed by atoms with Crippen LogP contribution in [0.1, 0.15) is 383 Å². The number of aliphatic hydroxyl groups excluding tert-OH is 1. The lowest BCUT2D eigenvalue weighted by Gasteiger charge is -2.21. The monoisotopic (exact) mass is 1400 g/mol. The van der Waals surface area contributed by atoms with Crippen molar-refractivity contribution in [2.75, 3.05) is 39.6 Å². The minimum Gasteiger partial charge on any atom is -0.462 e. The third kappa shape index (κ3) is 69.0. The van der Waals surface area contributed by atoms with Crippen LogP contribution in [-0.4, -0.2) is 96.7 Å². The SMILES string of the molecule is CCC(C)CCCCCCCCCCCCCCCCC(=O)OC[C@H](COP(=O)(O)OCC(O)COP(=O)(O)OC[C@@H](COC(=O)CCCCCCCCCC(C)C)OC(=O)CCCCCCCCCCCC(C)C)OC(=O)CCCCCCCCCCCCCCC(C)C. The molecular weight excluding hydrogens is 1250 g/mol. The lowest BCUT2D eigenvalue weighted by Crippen LogP contribution is -2.30. The van der Waals surface area contributed by atoms with E-state index in [0.717, 1.165) is 114 Å². The molecule has 564 valence electrons. The average Bonchev–Trinajstić information content (AvgIpc) is 1.43. The van der Waals surface area contributed by atoms with Crippen molar-refractivity contribution < 1.29 is 80.2 Å². The highest BCUT2D eigenvalue weighted by Gasteiger charge is 2.30. The number of carbonyl (C=O) groups excluding carboxylic acids is 4. The van der Waals surface area contributed by atoms with Gasteiger partial charge < -0.3 is 33.8 Å². The molecule has 0 spiro atoms. The van der Waals surface area contributed by atoms with Crippen LogP contribution in [-0.2, 0) is 65.4 Å². The largest absolute Gasteiger partial charge is 0.472 e. The Bertz CT molecular complexity index is 1870. The highest BCUT2D eigenvalue weighted by Crippen LogP contribution is 2.45. The van der Waals surface area contributed by atoms with Gasteiger partial charge in [0, 0.05) is 25.7 Å². The molecule has 95 heavy (non-hydrogen) atoms. The lowest BCUT2D eigenvalue weighted by atomic mass is 9.99. The van der Waals surface area contributed by atoms with Gasteiger partial charge in [0.2, 0.25) is 0 Å². The second-order valence-electron chi connectivity index (χ2n) is 29.1. The van der Waals surface area contributed by atoms with Crippen LogP contribution < -0.4 is 0 Å². The molecule has 17 nitrogen and oxygen atoms in total. The van der Waals surface area contributed by atoms with Crippen LogP contribution in [0.25, 0.3) is 0 Å². The first-order chi connectivity index (χ1) is 45.6. The molecule has 6 atom stereocenters. The number of ether oxygens (including phenoxy) is 4. The minimum absolute atomic E-state index is 0.104. The standard InChI is InChI=1S/C76H148O17P2/c1-9-69(8)55-47-39-31-23-17-12-10-11-13-18-24-32-40-48-56-73(78)86-62-71(92-75(80)58-50-42-33-25-19-15-14-16-21-28-36-44-52-66(2)3)64-90-94(82,83)88-60-70(77)61-89-95(84,85)91-65-72(63-87-74(79)57-49-41-35-27-30-38-46-54-68(6)7)93-76(81)59-51-43-34-26-20-22-29-37-45-53-67(4)5/h66-72,77H,9-65H2,1-8H3,(H,82,83)(H,84,85)/t69?,70?,71-,72-/m1/s1. The van der Waals surface area contributed by atoms with Gasteiger partial charge in [0.25, 0.3) is 0 Å². The summed E-state index contributed by atoms with van der Waals surface area (Å²) in [5.41, 5.74) is 0. The van der Waals surface area contributed by atoms with E-state index in [4.69, 9.17) is 37.0 Å². The number of hydrogen-bond donors (Lipinski definition) is 3. The third-order valence-corrected chi connectivity index (χ3v) is 19.8. The van der Waals surface area contributed by atoms with Crippen molar-refractivity contribution in [1.29, 1.82) is 0 Å². The van der Waals surface area contributed by atoms with Crippen LogP contribution in [0.15, 0.2) is 0 Å². The van der Waals surface area contributed by atoms with Crippen LogP contribution in [0.5, 0.6) is 0 Å². The topological polar surface area (TPSA) is 237 Å². The fourth-order valence-corrected chi connectivity index (χ4v) is 13.1. The highest BCUT2D eigenvalue weighted by molar-refractivity contribution is 7.47. The molecule has 0 heterocycles. The maximum Gasteiger partial charge on any atom is 0.472 e. The van der Waals surface area contributed by atoms with Gasteiger partial charge in [0.15, 0.2) is 12.2 Å². The quantitative estimate of drug-likeness (QED) is 0.0222. The van der Waals surface area contributed by atoms with E-state index in [-0.39, 0.29) is 25.7 Å². The Morgan fingerprint density at radius 1 is 0.295 bits per heavy atom. The molecule has 0 radical (unpaired) electrons. The van der Waals surface area contributed by atoms with Crippen LogP contribution in [0.3, 0.4) is 0 Å². The molecule has 0 rings (SSSR count). The van der Waals surface area contributed by atoms with Gasteiger partial charge in [-0.05, 0) is 49.4 Å². The Hall–Kier alpha value is -1.94. The summed E-state index contributed by atoms with van der Waals surface area (Å²) in [6.07, 6.45) is 50.0. The Labute approximate surface area is 581 Å². The number of hydrogen-bond acceptors (Lipinski definition) is 15. The zero-order valence-corrected chi connectivity index (χ0v) is 64.1. The molecular formula is C76H148O17P2. The Morgan fingerprint density at radius 3 is 0.747 bits per heavy atom. The van der Waals surface area contributed by atoms with Crippen molar-refractivity contribution in [3.05, 3.63) is 0 Å². The predicted molar refractivity (Wildman–Crippen MR) is 386 cm³/mol. The lowest BCUT2D eigenvalue weighted by molar-refractivity contribution is -0.161. The number of esters is 4. The number of phosphoric ester groups is 2. The molecule has 0 saturated carbocycles. The first kappa shape index (κ1) is 93.1. The van der Waals surface area contributed by atoms with Gasteiger partial charge in [-0.3, -0.25) is 37.3 Å². The molecule has 0 aliphatic carbocycles. The van der Waals surface area contributed by atoms with Crippen LogP contribution in [0.4, 0.5) is 0 Å². The van der Waals surface area contributed by atoms with Crippen molar-refractivity contribution in [2.45, 2.75) is 401 Å². The molecule has 0 aromatic heterocycles. The van der Waals surface area contributed by atoms with Gasteiger partial charge in [-0.25, -0.2) is 9.13 Å². The molecule has 0 saturated heterocycles. The van der Waals surface area contributed by atoms with Gasteiger partial charge in [-0.2, -0.15) is 0 Å². The maximum atomic E-state index is 13.1. The molecule has 0 aliphatic heterocycles. The van der Waals surface area contributed by atoms with Gasteiger partial charge in [-0.15, -0.1) is 0 Å². The van der Waals surface area contributed by atoms with Crippen molar-refractivity contribution in [1.82, 2.24) is 0 Å². The summed E-state index contributed by atoms with van der Waals surface area (Å²) in [6, 6.07) is 0. The molecule has 4 unspecified atom stereocenters. The predicted octanol–water partition coefficient (Wildman–Crippen LogP) is 22.0. The summed E-state index contributed by atoms with van der Waals surface area (Å²) in [6.45, 7) is 14.2. The summed E-state index contributed by atoms with van der Waals surface area (Å²) in [5, 5.41) is 10.6. The van der Waals surface area contributed by atoms with Gasteiger partial charge in [0.1, 0.15) is 19.3 Å². The van der Waals surface area contributed by atoms with Crippen LogP contribution >= 0.6 is 15.6 Å². The Morgan fingerprint density at radius 2 is 0.505 bits per heavy atom. The second kappa shape index (κ2) is 65.4. The van der Waals surface area contributed by atoms with E-state index in [1.807, 2.05) is 0 Å². The number of unbranched alkanes of at least 4 members (excludes halogenated alkanes) is 38. The molecule has 0 amide bonds.